The van der Waals surface area contributed by atoms with Crippen LogP contribution in [0.25, 0.3) is 0 Å². The van der Waals surface area contributed by atoms with Crippen LogP contribution in [0.15, 0.2) is 4.99 Å². The van der Waals surface area contributed by atoms with E-state index in [4.69, 9.17) is 9.47 Å². The van der Waals surface area contributed by atoms with Gasteiger partial charge in [0, 0.05) is 12.8 Å². The molecule has 1 unspecified atom stereocenters. The van der Waals surface area contributed by atoms with E-state index in [-0.39, 0.29) is 11.5 Å². The van der Waals surface area contributed by atoms with Gasteiger partial charge in [-0.15, -0.1) is 0 Å². The summed E-state index contributed by atoms with van der Waals surface area (Å²) in [7, 11) is 0. The number of nitrogens with zero attached hydrogens (tertiary/aromatic N) is 1. The van der Waals surface area contributed by atoms with Gasteiger partial charge in [-0.05, 0) is 13.3 Å². The number of carbonyl (C=O) groups excluding carboxylic acids is 1. The van der Waals surface area contributed by atoms with Gasteiger partial charge in [0.15, 0.2) is 5.90 Å². The Balaban J connectivity index is 2.43. The Bertz CT molecular complexity index is 263. The summed E-state index contributed by atoms with van der Waals surface area (Å²) in [6.07, 6.45) is 2.28. The maximum atomic E-state index is 11.0. The highest BCUT2D eigenvalue weighted by molar-refractivity contribution is 5.78. The Morgan fingerprint density at radius 2 is 2.33 bits per heavy atom. The first-order valence-electron chi connectivity index (χ1n) is 5.47. The van der Waals surface area contributed by atoms with Crippen LogP contribution in [0.4, 0.5) is 0 Å². The van der Waals surface area contributed by atoms with Crippen LogP contribution in [-0.2, 0) is 14.3 Å². The van der Waals surface area contributed by atoms with Gasteiger partial charge >= 0.3 is 5.97 Å². The molecule has 0 aromatic rings. The van der Waals surface area contributed by atoms with E-state index in [1.165, 1.54) is 0 Å². The molecule has 86 valence electrons. The van der Waals surface area contributed by atoms with Crippen LogP contribution in [0.2, 0.25) is 0 Å². The monoisotopic (exact) mass is 213 g/mol. The van der Waals surface area contributed by atoms with Crippen molar-refractivity contribution >= 4 is 11.9 Å². The Kier molecular flexibility index (Phi) is 4.12. The highest BCUT2D eigenvalue weighted by Crippen LogP contribution is 2.20. The second-order valence-electron chi connectivity index (χ2n) is 4.06. The molecule has 4 heteroatoms. The lowest BCUT2D eigenvalue weighted by molar-refractivity contribution is -0.145. The molecule has 1 aliphatic rings. The van der Waals surface area contributed by atoms with Gasteiger partial charge in [-0.3, -0.25) is 4.79 Å². The lowest BCUT2D eigenvalue weighted by Gasteiger charge is -2.17. The largest absolute Gasteiger partial charge is 0.478 e. The minimum Gasteiger partial charge on any atom is -0.478 e. The summed E-state index contributed by atoms with van der Waals surface area (Å²) in [4.78, 5) is 15.4. The first-order chi connectivity index (χ1) is 7.09. The molecule has 0 bridgehead atoms. The van der Waals surface area contributed by atoms with Crippen LogP contribution in [-0.4, -0.2) is 30.6 Å². The summed E-state index contributed by atoms with van der Waals surface area (Å²) in [5.41, 5.74) is -0.380. The SMILES string of the molecule is CCCC1=NC(C)(COC(=O)CC)CO1. The van der Waals surface area contributed by atoms with Crippen molar-refractivity contribution in [1.82, 2.24) is 0 Å². The van der Waals surface area contributed by atoms with Crippen molar-refractivity contribution in [2.75, 3.05) is 13.2 Å². The van der Waals surface area contributed by atoms with Crippen molar-refractivity contribution in [3.05, 3.63) is 0 Å². The third-order valence-electron chi connectivity index (χ3n) is 2.24. The van der Waals surface area contributed by atoms with Gasteiger partial charge in [0.05, 0.1) is 0 Å². The lowest BCUT2D eigenvalue weighted by atomic mass is 10.1. The van der Waals surface area contributed by atoms with Gasteiger partial charge in [-0.25, -0.2) is 4.99 Å². The van der Waals surface area contributed by atoms with E-state index in [1.807, 2.05) is 6.92 Å². The van der Waals surface area contributed by atoms with Gasteiger partial charge in [-0.1, -0.05) is 13.8 Å². The predicted octanol–water partition coefficient (Wildman–Crippen LogP) is 1.93. The van der Waals surface area contributed by atoms with Crippen LogP contribution in [0, 0.1) is 0 Å². The maximum Gasteiger partial charge on any atom is 0.305 e. The molecule has 0 amide bonds. The van der Waals surface area contributed by atoms with Gasteiger partial charge in [0.1, 0.15) is 18.8 Å². The maximum absolute atomic E-state index is 11.0. The third-order valence-corrected chi connectivity index (χ3v) is 2.24. The standard InChI is InChI=1S/C11H19NO3/c1-4-6-9-12-11(3,7-14-9)8-15-10(13)5-2/h4-8H2,1-3H3. The summed E-state index contributed by atoms with van der Waals surface area (Å²) in [6, 6.07) is 0. The second-order valence-corrected chi connectivity index (χ2v) is 4.06. The van der Waals surface area contributed by atoms with E-state index in [1.54, 1.807) is 6.92 Å². The summed E-state index contributed by atoms with van der Waals surface area (Å²) in [5, 5.41) is 0. The average molecular weight is 213 g/mol. The van der Waals surface area contributed by atoms with Crippen LogP contribution in [0.3, 0.4) is 0 Å². The molecule has 15 heavy (non-hydrogen) atoms. The zero-order valence-corrected chi connectivity index (χ0v) is 9.71. The third kappa shape index (κ3) is 3.53. The summed E-state index contributed by atoms with van der Waals surface area (Å²) in [5.74, 6) is 0.600. The summed E-state index contributed by atoms with van der Waals surface area (Å²) < 4.78 is 10.5. The number of esters is 1. The molecule has 0 radical (unpaired) electrons. The van der Waals surface area contributed by atoms with Crippen LogP contribution >= 0.6 is 0 Å². The molecule has 1 heterocycles. The van der Waals surface area contributed by atoms with Crippen LogP contribution < -0.4 is 0 Å². The molecule has 0 aromatic carbocycles. The minimum absolute atomic E-state index is 0.185. The highest BCUT2D eigenvalue weighted by atomic mass is 16.5. The highest BCUT2D eigenvalue weighted by Gasteiger charge is 2.32. The van der Waals surface area contributed by atoms with E-state index in [0.29, 0.717) is 19.6 Å². The van der Waals surface area contributed by atoms with Crippen LogP contribution in [0.1, 0.15) is 40.0 Å². The topological polar surface area (TPSA) is 47.9 Å². The molecule has 1 atom stereocenters. The van der Waals surface area contributed by atoms with Crippen molar-refractivity contribution in [2.45, 2.75) is 45.6 Å². The van der Waals surface area contributed by atoms with E-state index < -0.39 is 0 Å². The second kappa shape index (κ2) is 5.14. The Labute approximate surface area is 90.7 Å². The van der Waals surface area contributed by atoms with Crippen molar-refractivity contribution in [3.63, 3.8) is 0 Å². The first kappa shape index (κ1) is 12.0. The van der Waals surface area contributed by atoms with Crippen LogP contribution in [0.5, 0.6) is 0 Å². The van der Waals surface area contributed by atoms with E-state index in [0.717, 1.165) is 18.7 Å². The molecule has 0 fully saturated rings. The molecule has 0 saturated heterocycles. The predicted molar refractivity (Wildman–Crippen MR) is 58.0 cm³/mol. The van der Waals surface area contributed by atoms with E-state index >= 15 is 0 Å². The lowest BCUT2D eigenvalue weighted by Crippen LogP contribution is -2.31. The first-order valence-corrected chi connectivity index (χ1v) is 5.47. The van der Waals surface area contributed by atoms with Crippen molar-refractivity contribution in [1.29, 1.82) is 0 Å². The average Bonchev–Trinajstić information content (AvgIpc) is 2.58. The summed E-state index contributed by atoms with van der Waals surface area (Å²) >= 11 is 0. The van der Waals surface area contributed by atoms with Gasteiger partial charge in [0.25, 0.3) is 0 Å². The van der Waals surface area contributed by atoms with Gasteiger partial charge in [-0.2, -0.15) is 0 Å². The molecule has 0 saturated carbocycles. The normalized spacial score (nSPS) is 24.6. The molecular formula is C11H19NO3. The van der Waals surface area contributed by atoms with E-state index in [9.17, 15) is 4.79 Å². The fraction of sp³-hybridized carbons (Fsp3) is 0.818. The molecule has 0 spiro atoms. The Hall–Kier alpha value is -1.06. The smallest absolute Gasteiger partial charge is 0.305 e. The van der Waals surface area contributed by atoms with Gasteiger partial charge in [0.2, 0.25) is 0 Å². The number of aliphatic imine (C=N–C) groups is 1. The number of hydrogen-bond acceptors (Lipinski definition) is 4. The molecule has 0 aliphatic carbocycles. The zero-order valence-electron chi connectivity index (χ0n) is 9.71. The fourth-order valence-corrected chi connectivity index (χ4v) is 1.36. The number of ether oxygens (including phenoxy) is 2. The number of carbonyl (C=O) groups is 1. The quantitative estimate of drug-likeness (QED) is 0.655. The zero-order chi connectivity index (χ0) is 11.3. The fourth-order valence-electron chi connectivity index (χ4n) is 1.36. The van der Waals surface area contributed by atoms with Crippen molar-refractivity contribution in [2.24, 2.45) is 4.99 Å². The Morgan fingerprint density at radius 1 is 1.60 bits per heavy atom. The van der Waals surface area contributed by atoms with Gasteiger partial charge < -0.3 is 9.47 Å². The molecule has 4 nitrogen and oxygen atoms in total. The number of rotatable bonds is 5. The molecule has 1 rings (SSSR count). The molecule has 0 aromatic heterocycles. The Morgan fingerprint density at radius 3 is 2.93 bits per heavy atom. The summed E-state index contributed by atoms with van der Waals surface area (Å²) in [6.45, 7) is 6.63. The molecular weight excluding hydrogens is 194 g/mol. The van der Waals surface area contributed by atoms with E-state index in [2.05, 4.69) is 11.9 Å². The molecule has 1 aliphatic heterocycles. The van der Waals surface area contributed by atoms with Crippen molar-refractivity contribution < 1.29 is 14.3 Å². The molecule has 0 N–H and O–H groups in total. The minimum atomic E-state index is -0.380. The number of hydrogen-bond donors (Lipinski definition) is 0. The van der Waals surface area contributed by atoms with Crippen molar-refractivity contribution in [3.8, 4) is 0 Å².